The van der Waals surface area contributed by atoms with E-state index < -0.39 is 0 Å². The van der Waals surface area contributed by atoms with Crippen LogP contribution in [0.1, 0.15) is 36.9 Å². The average molecular weight is 555 g/mol. The van der Waals surface area contributed by atoms with E-state index in [0.29, 0.717) is 6.04 Å². The van der Waals surface area contributed by atoms with Crippen LogP contribution in [0.5, 0.6) is 0 Å². The van der Waals surface area contributed by atoms with Gasteiger partial charge in [0.15, 0.2) is 11.1 Å². The van der Waals surface area contributed by atoms with Gasteiger partial charge in [-0.2, -0.15) is 0 Å². The molecular formula is C23H35IN6S. The van der Waals surface area contributed by atoms with Crippen molar-refractivity contribution in [3.63, 3.8) is 0 Å². The van der Waals surface area contributed by atoms with Gasteiger partial charge in [-0.05, 0) is 37.8 Å². The number of anilines is 1. The highest BCUT2D eigenvalue weighted by atomic mass is 127. The van der Waals surface area contributed by atoms with Crippen LogP contribution >= 0.6 is 35.3 Å². The third kappa shape index (κ3) is 7.32. The Morgan fingerprint density at radius 1 is 1.16 bits per heavy atom. The number of aliphatic imine (C=N–C) groups is 1. The van der Waals surface area contributed by atoms with E-state index in [4.69, 9.17) is 4.98 Å². The number of piperidine rings is 1. The van der Waals surface area contributed by atoms with Crippen molar-refractivity contribution in [2.24, 2.45) is 4.99 Å². The number of hydrogen-bond donors (Lipinski definition) is 2. The molecule has 2 aromatic rings. The second-order valence-corrected chi connectivity index (χ2v) is 9.11. The molecule has 1 atom stereocenters. The molecule has 0 amide bonds. The van der Waals surface area contributed by atoms with Crippen LogP contribution in [0.25, 0.3) is 0 Å². The maximum absolute atomic E-state index is 4.82. The molecule has 6 nitrogen and oxygen atoms in total. The van der Waals surface area contributed by atoms with Crippen molar-refractivity contribution >= 4 is 46.4 Å². The highest BCUT2D eigenvalue weighted by molar-refractivity contribution is 14.0. The van der Waals surface area contributed by atoms with Crippen molar-refractivity contribution in [3.8, 4) is 0 Å². The Kier molecular flexibility index (Phi) is 9.86. The lowest BCUT2D eigenvalue weighted by Gasteiger charge is -2.34. The molecule has 8 heteroatoms. The molecule has 2 aliphatic heterocycles. The van der Waals surface area contributed by atoms with Gasteiger partial charge in [-0.25, -0.2) is 4.98 Å². The zero-order chi connectivity index (χ0) is 20.6. The smallest absolute Gasteiger partial charge is 0.191 e. The first-order valence-electron chi connectivity index (χ1n) is 11.2. The molecule has 2 saturated heterocycles. The van der Waals surface area contributed by atoms with Gasteiger partial charge < -0.3 is 15.5 Å². The van der Waals surface area contributed by atoms with Gasteiger partial charge in [-0.15, -0.1) is 35.3 Å². The molecule has 0 saturated carbocycles. The number of guanidine groups is 1. The fraction of sp³-hybridized carbons (Fsp3) is 0.565. The van der Waals surface area contributed by atoms with E-state index in [0.717, 1.165) is 45.1 Å². The molecule has 2 N–H and O–H groups in total. The Bertz CT molecular complexity index is 805. The highest BCUT2D eigenvalue weighted by Crippen LogP contribution is 2.24. The highest BCUT2D eigenvalue weighted by Gasteiger charge is 2.21. The van der Waals surface area contributed by atoms with E-state index in [9.17, 15) is 0 Å². The number of halogens is 1. The number of benzene rings is 1. The summed E-state index contributed by atoms with van der Waals surface area (Å²) in [4.78, 5) is 14.2. The summed E-state index contributed by atoms with van der Waals surface area (Å²) < 4.78 is 0. The number of hydrogen-bond acceptors (Lipinski definition) is 5. The fourth-order valence-corrected chi connectivity index (χ4v) is 5.23. The van der Waals surface area contributed by atoms with E-state index in [2.05, 4.69) is 61.1 Å². The predicted octanol–water partition coefficient (Wildman–Crippen LogP) is 3.73. The molecule has 31 heavy (non-hydrogen) atoms. The summed E-state index contributed by atoms with van der Waals surface area (Å²) in [6.07, 6.45) is 5.93. The molecule has 0 aliphatic carbocycles. The fourth-order valence-electron chi connectivity index (χ4n) is 4.32. The zero-order valence-electron chi connectivity index (χ0n) is 18.4. The van der Waals surface area contributed by atoms with Gasteiger partial charge in [0.05, 0.1) is 5.69 Å². The molecule has 3 heterocycles. The number of thiazole rings is 1. The van der Waals surface area contributed by atoms with E-state index in [1.165, 1.54) is 48.6 Å². The van der Waals surface area contributed by atoms with E-state index in [1.54, 1.807) is 11.3 Å². The molecule has 2 aliphatic rings. The number of nitrogens with zero attached hydrogens (tertiary/aromatic N) is 4. The molecule has 0 radical (unpaired) electrons. The second kappa shape index (κ2) is 12.6. The summed E-state index contributed by atoms with van der Waals surface area (Å²) in [6.45, 7) is 6.41. The van der Waals surface area contributed by atoms with Crippen molar-refractivity contribution in [2.45, 2.75) is 44.7 Å². The van der Waals surface area contributed by atoms with Crippen molar-refractivity contribution in [1.29, 1.82) is 0 Å². The van der Waals surface area contributed by atoms with Crippen LogP contribution in [-0.2, 0) is 13.0 Å². The van der Waals surface area contributed by atoms with Crippen LogP contribution in [0.3, 0.4) is 0 Å². The first-order chi connectivity index (χ1) is 14.8. The van der Waals surface area contributed by atoms with E-state index >= 15 is 0 Å². The van der Waals surface area contributed by atoms with Crippen molar-refractivity contribution in [2.75, 3.05) is 44.7 Å². The lowest BCUT2D eigenvalue weighted by Crippen LogP contribution is -2.51. The summed E-state index contributed by atoms with van der Waals surface area (Å²) in [6, 6.07) is 11.2. The number of likely N-dealkylation sites (tertiary alicyclic amines) is 1. The SMILES string of the molecule is CN=C(NCCc1csc(N2CCCC2)n1)NC1CCCN(Cc2ccccc2)C1.I. The summed E-state index contributed by atoms with van der Waals surface area (Å²) in [7, 11) is 1.86. The lowest BCUT2D eigenvalue weighted by atomic mass is 10.0. The molecule has 4 rings (SSSR count). The van der Waals surface area contributed by atoms with Crippen molar-refractivity contribution < 1.29 is 0 Å². The minimum absolute atomic E-state index is 0. The van der Waals surface area contributed by atoms with Gasteiger partial charge in [0, 0.05) is 57.6 Å². The van der Waals surface area contributed by atoms with E-state index in [-0.39, 0.29) is 24.0 Å². The normalized spacial score (nSPS) is 19.8. The monoisotopic (exact) mass is 554 g/mol. The first kappa shape index (κ1) is 24.3. The number of rotatable bonds is 7. The summed E-state index contributed by atoms with van der Waals surface area (Å²) in [5.74, 6) is 0.900. The minimum atomic E-state index is 0. The van der Waals surface area contributed by atoms with E-state index in [1.807, 2.05) is 7.05 Å². The van der Waals surface area contributed by atoms with Crippen LogP contribution < -0.4 is 15.5 Å². The Balaban J connectivity index is 0.00000272. The summed E-state index contributed by atoms with van der Waals surface area (Å²) >= 11 is 1.78. The topological polar surface area (TPSA) is 55.8 Å². The second-order valence-electron chi connectivity index (χ2n) is 8.27. The van der Waals surface area contributed by atoms with Crippen LogP contribution in [0.4, 0.5) is 5.13 Å². The quantitative estimate of drug-likeness (QED) is 0.311. The molecule has 1 unspecified atom stereocenters. The number of aromatic nitrogens is 1. The maximum Gasteiger partial charge on any atom is 0.191 e. The van der Waals surface area contributed by atoms with Gasteiger partial charge in [-0.1, -0.05) is 30.3 Å². The third-order valence-electron chi connectivity index (χ3n) is 5.91. The largest absolute Gasteiger partial charge is 0.356 e. The molecule has 1 aromatic heterocycles. The van der Waals surface area contributed by atoms with Crippen LogP contribution in [0, 0.1) is 0 Å². The van der Waals surface area contributed by atoms with Crippen LogP contribution in [0.15, 0.2) is 40.7 Å². The lowest BCUT2D eigenvalue weighted by molar-refractivity contribution is 0.192. The molecule has 0 spiro atoms. The Morgan fingerprint density at radius 2 is 1.97 bits per heavy atom. The predicted molar refractivity (Wildman–Crippen MR) is 142 cm³/mol. The van der Waals surface area contributed by atoms with Gasteiger partial charge in [0.25, 0.3) is 0 Å². The molecule has 170 valence electrons. The van der Waals surface area contributed by atoms with Gasteiger partial charge in [-0.3, -0.25) is 9.89 Å². The zero-order valence-corrected chi connectivity index (χ0v) is 21.6. The standard InChI is InChI=1S/C23H34N6S.HI/c1-24-22(25-12-11-21-18-30-23(27-21)29-14-5-6-15-29)26-20-10-7-13-28(17-20)16-19-8-3-2-4-9-19;/h2-4,8-9,18,20H,5-7,10-17H2,1H3,(H2,24,25,26);1H. The minimum Gasteiger partial charge on any atom is -0.356 e. The number of nitrogens with one attached hydrogen (secondary N) is 2. The molecular weight excluding hydrogens is 519 g/mol. The van der Waals surface area contributed by atoms with Gasteiger partial charge in [0.1, 0.15) is 0 Å². The van der Waals surface area contributed by atoms with Gasteiger partial charge >= 0.3 is 0 Å². The Labute approximate surface area is 207 Å². The van der Waals surface area contributed by atoms with Crippen LogP contribution in [-0.4, -0.2) is 61.7 Å². The van der Waals surface area contributed by atoms with Crippen molar-refractivity contribution in [1.82, 2.24) is 20.5 Å². The maximum atomic E-state index is 4.82. The third-order valence-corrected chi connectivity index (χ3v) is 6.86. The van der Waals surface area contributed by atoms with Crippen molar-refractivity contribution in [3.05, 3.63) is 47.0 Å². The molecule has 1 aromatic carbocycles. The summed E-state index contributed by atoms with van der Waals surface area (Å²) in [5, 5.41) is 10.5. The average Bonchev–Trinajstić information content (AvgIpc) is 3.46. The summed E-state index contributed by atoms with van der Waals surface area (Å²) in [5.41, 5.74) is 2.56. The van der Waals surface area contributed by atoms with Gasteiger partial charge in [0.2, 0.25) is 0 Å². The Morgan fingerprint density at radius 3 is 2.74 bits per heavy atom. The first-order valence-corrected chi connectivity index (χ1v) is 12.1. The molecule has 2 fully saturated rings. The van der Waals surface area contributed by atoms with Crippen LogP contribution in [0.2, 0.25) is 0 Å². The Hall–Kier alpha value is -1.39. The molecule has 0 bridgehead atoms.